The van der Waals surface area contributed by atoms with Crippen LogP contribution in [0.1, 0.15) is 76.7 Å². The molecule has 0 unspecified atom stereocenters. The number of nitrogen functional groups attached to an aromatic ring is 1. The van der Waals surface area contributed by atoms with Crippen molar-refractivity contribution in [2.24, 2.45) is 0 Å². The molecule has 0 saturated heterocycles. The van der Waals surface area contributed by atoms with Gasteiger partial charge in [0.15, 0.2) is 0 Å². The zero-order chi connectivity index (χ0) is 21.5. The molecule has 3 N–H and O–H groups in total. The summed E-state index contributed by atoms with van der Waals surface area (Å²) < 4.78 is 5.90. The summed E-state index contributed by atoms with van der Waals surface area (Å²) in [7, 11) is 0. The van der Waals surface area contributed by atoms with E-state index in [1.165, 1.54) is 24.8 Å². The zero-order valence-electron chi connectivity index (χ0n) is 18.7. The van der Waals surface area contributed by atoms with E-state index in [0.29, 0.717) is 5.82 Å². The number of anilines is 2. The quantitative estimate of drug-likeness (QED) is 0.371. The number of allylic oxidation sites excluding steroid dienone is 1. The maximum absolute atomic E-state index is 6.40. The fourth-order valence-electron chi connectivity index (χ4n) is 3.75. The van der Waals surface area contributed by atoms with E-state index in [1.807, 2.05) is 6.07 Å². The predicted octanol–water partition coefficient (Wildman–Crippen LogP) is 6.59. The Labute approximate surface area is 179 Å². The molecule has 3 aromatic rings. The van der Waals surface area contributed by atoms with Gasteiger partial charge < -0.3 is 15.5 Å². The highest BCUT2D eigenvalue weighted by Crippen LogP contribution is 2.36. The van der Waals surface area contributed by atoms with Crippen molar-refractivity contribution >= 4 is 28.2 Å². The van der Waals surface area contributed by atoms with Crippen molar-refractivity contribution in [1.29, 1.82) is 0 Å². The highest BCUT2D eigenvalue weighted by molar-refractivity contribution is 5.94. The summed E-state index contributed by atoms with van der Waals surface area (Å²) in [4.78, 5) is 8.86. The van der Waals surface area contributed by atoms with Crippen molar-refractivity contribution in [1.82, 2.24) is 9.97 Å². The van der Waals surface area contributed by atoms with E-state index in [-0.39, 0.29) is 0 Å². The summed E-state index contributed by atoms with van der Waals surface area (Å²) in [6, 6.07) is 8.46. The van der Waals surface area contributed by atoms with Gasteiger partial charge in [0.05, 0.1) is 5.56 Å². The lowest BCUT2D eigenvalue weighted by Gasteiger charge is -2.18. The zero-order valence-corrected chi connectivity index (χ0v) is 18.7. The second-order valence-corrected chi connectivity index (χ2v) is 7.80. The number of hydrogen-bond donors (Lipinski definition) is 2. The van der Waals surface area contributed by atoms with Crippen LogP contribution < -0.4 is 11.1 Å². The minimum Gasteiger partial charge on any atom is -0.461 e. The van der Waals surface area contributed by atoms with Crippen molar-refractivity contribution in [3.8, 4) is 0 Å². The van der Waals surface area contributed by atoms with Gasteiger partial charge in [0.25, 0.3) is 0 Å². The van der Waals surface area contributed by atoms with Gasteiger partial charge in [-0.05, 0) is 49.1 Å². The summed E-state index contributed by atoms with van der Waals surface area (Å²) in [6.45, 7) is 9.53. The molecule has 0 radical (unpaired) electrons. The average Bonchev–Trinajstić information content (AvgIpc) is 3.18. The van der Waals surface area contributed by atoms with Gasteiger partial charge in [-0.15, -0.1) is 0 Å². The molecule has 2 aromatic heterocycles. The summed E-state index contributed by atoms with van der Waals surface area (Å²) >= 11 is 0. The molecule has 3 rings (SSSR count). The van der Waals surface area contributed by atoms with Crippen molar-refractivity contribution in [3.05, 3.63) is 53.1 Å². The van der Waals surface area contributed by atoms with Crippen LogP contribution in [0.5, 0.6) is 0 Å². The minimum atomic E-state index is 0.505. The van der Waals surface area contributed by atoms with Crippen molar-refractivity contribution in [2.75, 3.05) is 17.6 Å². The van der Waals surface area contributed by atoms with E-state index in [2.05, 4.69) is 61.2 Å². The second-order valence-electron chi connectivity index (χ2n) is 7.80. The van der Waals surface area contributed by atoms with E-state index in [9.17, 15) is 0 Å². The molecule has 5 heteroatoms. The normalized spacial score (nSPS) is 12.3. The van der Waals surface area contributed by atoms with Crippen molar-refractivity contribution < 1.29 is 4.42 Å². The number of nitrogens with two attached hydrogens (primary N) is 1. The van der Waals surface area contributed by atoms with Gasteiger partial charge in [0, 0.05) is 18.4 Å². The van der Waals surface area contributed by atoms with Crippen LogP contribution in [0.4, 0.5) is 11.6 Å². The topological polar surface area (TPSA) is 77.0 Å². The molecule has 1 aromatic carbocycles. The van der Waals surface area contributed by atoms with Crippen LogP contribution in [-0.2, 0) is 6.42 Å². The molecule has 0 aliphatic heterocycles. The number of nitrogens with zero attached hydrogens (tertiary/aromatic N) is 2. The van der Waals surface area contributed by atoms with Crippen LogP contribution in [0.2, 0.25) is 0 Å². The van der Waals surface area contributed by atoms with Gasteiger partial charge in [-0.25, -0.2) is 9.97 Å². The summed E-state index contributed by atoms with van der Waals surface area (Å²) in [5, 5.41) is 4.62. The number of hydrogen-bond acceptors (Lipinski definition) is 5. The Kier molecular flexibility index (Phi) is 7.50. The Morgan fingerprint density at radius 3 is 2.63 bits per heavy atom. The Morgan fingerprint density at radius 2 is 1.90 bits per heavy atom. The average molecular weight is 407 g/mol. The number of nitrogens with one attached hydrogen (secondary N) is 1. The number of benzene rings is 1. The molecule has 0 saturated carbocycles. The number of aromatic nitrogens is 2. The van der Waals surface area contributed by atoms with Gasteiger partial charge in [-0.3, -0.25) is 0 Å². The molecule has 5 nitrogen and oxygen atoms in total. The first-order valence-electron chi connectivity index (χ1n) is 11.2. The molecular formula is C25H34N4O. The third kappa shape index (κ3) is 4.84. The van der Waals surface area contributed by atoms with Crippen molar-refractivity contribution in [2.45, 2.75) is 66.2 Å². The van der Waals surface area contributed by atoms with Gasteiger partial charge in [0.2, 0.25) is 0 Å². The van der Waals surface area contributed by atoms with Gasteiger partial charge >= 0.3 is 0 Å². The highest BCUT2D eigenvalue weighted by Gasteiger charge is 2.19. The van der Waals surface area contributed by atoms with Crippen LogP contribution in [0.15, 0.2) is 40.6 Å². The van der Waals surface area contributed by atoms with Crippen molar-refractivity contribution in [3.63, 3.8) is 0 Å². The number of fused-ring (bicyclic) bond motifs is 1. The smallest absolute Gasteiger partial charge is 0.139 e. The van der Waals surface area contributed by atoms with Gasteiger partial charge in [-0.1, -0.05) is 51.7 Å². The van der Waals surface area contributed by atoms with E-state index in [0.717, 1.165) is 65.1 Å². The fraction of sp³-hybridized carbons (Fsp3) is 0.440. The predicted molar refractivity (Wildman–Crippen MR) is 127 cm³/mol. The molecule has 160 valence electrons. The van der Waals surface area contributed by atoms with Crippen LogP contribution in [0.25, 0.3) is 16.5 Å². The minimum absolute atomic E-state index is 0.505. The Morgan fingerprint density at radius 1 is 1.07 bits per heavy atom. The monoisotopic (exact) mass is 406 g/mol. The molecular weight excluding hydrogens is 372 g/mol. The SMILES string of the molecule is CCCCCCNc1ncnc(N)c1/C(=C(\C)CC)c1ccc2oc(CC)cc2c1. The lowest BCUT2D eigenvalue weighted by molar-refractivity contribution is 0.557. The molecule has 30 heavy (non-hydrogen) atoms. The fourth-order valence-corrected chi connectivity index (χ4v) is 3.75. The molecule has 0 spiro atoms. The molecule has 0 bridgehead atoms. The highest BCUT2D eigenvalue weighted by atomic mass is 16.3. The first-order valence-corrected chi connectivity index (χ1v) is 11.2. The van der Waals surface area contributed by atoms with E-state index < -0.39 is 0 Å². The molecule has 0 aliphatic carbocycles. The number of unbranched alkanes of at least 4 members (excludes halogenated alkanes) is 3. The van der Waals surface area contributed by atoms with E-state index in [4.69, 9.17) is 10.2 Å². The third-order valence-corrected chi connectivity index (χ3v) is 5.61. The molecule has 0 fully saturated rings. The molecule has 0 atom stereocenters. The molecule has 0 aliphatic rings. The van der Waals surface area contributed by atoms with E-state index in [1.54, 1.807) is 6.33 Å². The largest absolute Gasteiger partial charge is 0.461 e. The van der Waals surface area contributed by atoms with Gasteiger partial charge in [0.1, 0.15) is 29.3 Å². The molecule has 2 heterocycles. The van der Waals surface area contributed by atoms with Crippen LogP contribution in [0, 0.1) is 0 Å². The second kappa shape index (κ2) is 10.3. The first kappa shape index (κ1) is 21.9. The summed E-state index contributed by atoms with van der Waals surface area (Å²) in [5.74, 6) is 2.31. The first-order chi connectivity index (χ1) is 14.6. The standard InChI is InChI=1S/C25H34N4O/c1-5-8-9-10-13-27-25-23(24(26)28-16-29-25)22(17(4)6-2)18-11-12-21-19(14-18)15-20(7-3)30-21/h11-12,14-16H,5-10,13H2,1-4H3,(H3,26,27,28,29)/b22-17+. The third-order valence-electron chi connectivity index (χ3n) is 5.61. The number of furan rings is 1. The molecule has 0 amide bonds. The number of rotatable bonds is 10. The Hall–Kier alpha value is -2.82. The Bertz CT molecular complexity index is 1020. The van der Waals surface area contributed by atoms with Gasteiger partial charge in [-0.2, -0.15) is 0 Å². The Balaban J connectivity index is 2.03. The van der Waals surface area contributed by atoms with Crippen LogP contribution >= 0.6 is 0 Å². The lowest BCUT2D eigenvalue weighted by Crippen LogP contribution is -2.10. The summed E-state index contributed by atoms with van der Waals surface area (Å²) in [6.07, 6.45) is 8.15. The van der Waals surface area contributed by atoms with Crippen LogP contribution in [-0.4, -0.2) is 16.5 Å². The maximum Gasteiger partial charge on any atom is 0.139 e. The van der Waals surface area contributed by atoms with E-state index >= 15 is 0 Å². The van der Waals surface area contributed by atoms with Crippen LogP contribution in [0.3, 0.4) is 0 Å². The number of aryl methyl sites for hydroxylation is 1. The summed E-state index contributed by atoms with van der Waals surface area (Å²) in [5.41, 5.74) is 11.7. The maximum atomic E-state index is 6.40. The lowest BCUT2D eigenvalue weighted by atomic mass is 9.92.